The van der Waals surface area contributed by atoms with Crippen LogP contribution in [-0.4, -0.2) is 16.7 Å². The Morgan fingerprint density at radius 2 is 1.90 bits per heavy atom. The molecule has 0 aliphatic rings. The summed E-state index contributed by atoms with van der Waals surface area (Å²) in [5.41, 5.74) is 4.85. The van der Waals surface area contributed by atoms with Crippen molar-refractivity contribution in [1.29, 1.82) is 5.26 Å². The predicted octanol–water partition coefficient (Wildman–Crippen LogP) is 2.93. The molecule has 0 unspecified atom stereocenters. The van der Waals surface area contributed by atoms with Crippen LogP contribution in [0.1, 0.15) is 27.9 Å². The monoisotopic (exact) mass is 266 g/mol. The lowest BCUT2D eigenvalue weighted by Crippen LogP contribution is -2.11. The van der Waals surface area contributed by atoms with Crippen LogP contribution in [0.5, 0.6) is 0 Å². The van der Waals surface area contributed by atoms with Crippen LogP contribution in [0.25, 0.3) is 0 Å². The average Bonchev–Trinajstić information content (AvgIpc) is 2.45. The van der Waals surface area contributed by atoms with E-state index >= 15 is 0 Å². The van der Waals surface area contributed by atoms with E-state index in [-0.39, 0.29) is 0 Å². The van der Waals surface area contributed by atoms with Gasteiger partial charge in [-0.3, -0.25) is 0 Å². The largest absolute Gasteiger partial charge is 0.367 e. The summed E-state index contributed by atoms with van der Waals surface area (Å²) in [6.07, 6.45) is 0.895. The molecule has 0 aliphatic heterocycles. The highest BCUT2D eigenvalue weighted by atomic mass is 15.2. The second kappa shape index (κ2) is 6.16. The van der Waals surface area contributed by atoms with Gasteiger partial charge >= 0.3 is 0 Å². The van der Waals surface area contributed by atoms with Crippen molar-refractivity contribution in [2.24, 2.45) is 0 Å². The summed E-state index contributed by atoms with van der Waals surface area (Å²) < 4.78 is 0. The zero-order chi connectivity index (χ0) is 14.5. The number of nitriles is 1. The van der Waals surface area contributed by atoms with Crippen molar-refractivity contribution in [2.45, 2.75) is 27.2 Å². The van der Waals surface area contributed by atoms with Crippen LogP contribution in [0, 0.1) is 32.1 Å². The first-order valence-electron chi connectivity index (χ1n) is 6.66. The summed E-state index contributed by atoms with van der Waals surface area (Å²) in [6, 6.07) is 10.5. The molecule has 0 amide bonds. The minimum absolute atomic E-state index is 0.573. The van der Waals surface area contributed by atoms with Crippen LogP contribution in [0.15, 0.2) is 24.3 Å². The second-order valence-corrected chi connectivity index (χ2v) is 4.85. The summed E-state index contributed by atoms with van der Waals surface area (Å²) in [5, 5.41) is 20.6. The van der Waals surface area contributed by atoms with Crippen molar-refractivity contribution in [3.8, 4) is 6.07 Å². The lowest BCUT2D eigenvalue weighted by Gasteiger charge is -2.10. The number of nitrogens with one attached hydrogen (secondary N) is 1. The molecule has 0 aliphatic carbocycles. The fraction of sp³-hybridized carbons (Fsp3) is 0.312. The molecular weight excluding hydrogens is 248 g/mol. The van der Waals surface area contributed by atoms with Crippen LogP contribution in [0.3, 0.4) is 0 Å². The molecule has 2 rings (SSSR count). The number of aryl methyl sites for hydroxylation is 2. The highest BCUT2D eigenvalue weighted by molar-refractivity contribution is 5.55. The van der Waals surface area contributed by atoms with Gasteiger partial charge in [0.05, 0.1) is 5.69 Å². The lowest BCUT2D eigenvalue weighted by atomic mass is 10.1. The van der Waals surface area contributed by atoms with Crippen molar-refractivity contribution in [3.63, 3.8) is 0 Å². The van der Waals surface area contributed by atoms with E-state index in [1.807, 2.05) is 26.0 Å². The van der Waals surface area contributed by atoms with E-state index in [2.05, 4.69) is 40.6 Å². The molecule has 1 N–H and O–H groups in total. The minimum Gasteiger partial charge on any atom is -0.367 e. The molecule has 4 nitrogen and oxygen atoms in total. The van der Waals surface area contributed by atoms with Gasteiger partial charge < -0.3 is 5.32 Å². The number of nitrogens with zero attached hydrogens (tertiary/aromatic N) is 3. The Bertz CT molecular complexity index is 656. The van der Waals surface area contributed by atoms with Gasteiger partial charge in [0.25, 0.3) is 0 Å². The molecule has 0 radical (unpaired) electrons. The van der Waals surface area contributed by atoms with Crippen molar-refractivity contribution >= 4 is 5.82 Å². The average molecular weight is 266 g/mol. The molecule has 0 bridgehead atoms. The summed E-state index contributed by atoms with van der Waals surface area (Å²) in [7, 11) is 0. The third-order valence-electron chi connectivity index (χ3n) is 3.51. The van der Waals surface area contributed by atoms with Gasteiger partial charge in [-0.15, -0.1) is 5.10 Å². The first-order chi connectivity index (χ1) is 9.63. The molecule has 20 heavy (non-hydrogen) atoms. The highest BCUT2D eigenvalue weighted by Crippen LogP contribution is 2.17. The van der Waals surface area contributed by atoms with Crippen LogP contribution in [0.2, 0.25) is 0 Å². The van der Waals surface area contributed by atoms with E-state index in [0.29, 0.717) is 11.4 Å². The molecule has 0 spiro atoms. The first kappa shape index (κ1) is 14.0. The van der Waals surface area contributed by atoms with E-state index in [9.17, 15) is 5.26 Å². The topological polar surface area (TPSA) is 61.6 Å². The molecule has 1 aromatic carbocycles. The van der Waals surface area contributed by atoms with Gasteiger partial charge in [0.15, 0.2) is 5.82 Å². The maximum Gasteiger partial charge on any atom is 0.166 e. The molecule has 0 saturated carbocycles. The molecule has 1 heterocycles. The van der Waals surface area contributed by atoms with Crippen molar-refractivity contribution < 1.29 is 0 Å². The molecule has 1 aromatic heterocycles. The van der Waals surface area contributed by atoms with E-state index in [4.69, 9.17) is 0 Å². The second-order valence-electron chi connectivity index (χ2n) is 4.85. The first-order valence-corrected chi connectivity index (χ1v) is 6.66. The number of aromatic nitrogens is 2. The molecule has 0 atom stereocenters. The number of hydrogen-bond acceptors (Lipinski definition) is 4. The van der Waals surface area contributed by atoms with Crippen LogP contribution < -0.4 is 5.32 Å². The Morgan fingerprint density at radius 1 is 1.15 bits per heavy atom. The third-order valence-corrected chi connectivity index (χ3v) is 3.51. The Labute approximate surface area is 119 Å². The van der Waals surface area contributed by atoms with Crippen molar-refractivity contribution in [2.75, 3.05) is 11.9 Å². The van der Waals surface area contributed by atoms with Crippen molar-refractivity contribution in [1.82, 2.24) is 10.2 Å². The molecule has 0 fully saturated rings. The summed E-state index contributed by atoms with van der Waals surface area (Å²) in [6.45, 7) is 6.60. The molecule has 2 aromatic rings. The van der Waals surface area contributed by atoms with E-state index in [1.165, 1.54) is 11.1 Å². The third kappa shape index (κ3) is 2.94. The number of anilines is 1. The number of rotatable bonds is 4. The van der Waals surface area contributed by atoms with E-state index < -0.39 is 0 Å². The molecule has 0 saturated heterocycles. The van der Waals surface area contributed by atoms with Gasteiger partial charge in [0.1, 0.15) is 11.6 Å². The molecule has 4 heteroatoms. The van der Waals surface area contributed by atoms with Gasteiger partial charge in [0.2, 0.25) is 0 Å². The van der Waals surface area contributed by atoms with Crippen LogP contribution in [-0.2, 0) is 6.42 Å². The van der Waals surface area contributed by atoms with E-state index in [0.717, 1.165) is 24.2 Å². The van der Waals surface area contributed by atoms with Crippen LogP contribution >= 0.6 is 0 Å². The van der Waals surface area contributed by atoms with Crippen LogP contribution in [0.4, 0.5) is 5.82 Å². The van der Waals surface area contributed by atoms with E-state index in [1.54, 1.807) is 0 Å². The van der Waals surface area contributed by atoms with Gasteiger partial charge in [-0.2, -0.15) is 10.4 Å². The minimum atomic E-state index is 0.573. The molecular formula is C16H18N4. The zero-order valence-corrected chi connectivity index (χ0v) is 12.1. The Hall–Kier alpha value is -2.41. The van der Waals surface area contributed by atoms with Gasteiger partial charge in [-0.05, 0) is 43.9 Å². The smallest absolute Gasteiger partial charge is 0.166 e. The lowest BCUT2D eigenvalue weighted by molar-refractivity contribution is 0.925. The summed E-state index contributed by atoms with van der Waals surface area (Å²) >= 11 is 0. The summed E-state index contributed by atoms with van der Waals surface area (Å²) in [4.78, 5) is 0. The Morgan fingerprint density at radius 3 is 2.60 bits per heavy atom. The zero-order valence-electron chi connectivity index (χ0n) is 12.1. The number of benzene rings is 1. The number of hydrogen-bond donors (Lipinski definition) is 1. The van der Waals surface area contributed by atoms with Crippen molar-refractivity contribution in [3.05, 3.63) is 52.2 Å². The standard InChI is InChI=1S/C16H18N4/c1-11-6-4-5-7-14(11)8-9-18-16-15(10-17)12(2)13(3)19-20-16/h4-7H,8-9H2,1-3H3,(H,18,20). The highest BCUT2D eigenvalue weighted by Gasteiger charge is 2.10. The van der Waals surface area contributed by atoms with Gasteiger partial charge in [-0.25, -0.2) is 0 Å². The normalized spacial score (nSPS) is 10.1. The van der Waals surface area contributed by atoms with Gasteiger partial charge in [0, 0.05) is 6.54 Å². The predicted molar refractivity (Wildman–Crippen MR) is 79.6 cm³/mol. The quantitative estimate of drug-likeness (QED) is 0.924. The molecule has 102 valence electrons. The Kier molecular flexibility index (Phi) is 4.31. The maximum absolute atomic E-state index is 9.23. The fourth-order valence-electron chi connectivity index (χ4n) is 2.08. The summed E-state index contributed by atoms with van der Waals surface area (Å²) in [5.74, 6) is 0.573. The Balaban J connectivity index is 2.07. The van der Waals surface area contributed by atoms with Gasteiger partial charge in [-0.1, -0.05) is 24.3 Å². The fourth-order valence-corrected chi connectivity index (χ4v) is 2.08. The maximum atomic E-state index is 9.23. The SMILES string of the molecule is Cc1ccccc1CCNc1nnc(C)c(C)c1C#N.